The van der Waals surface area contributed by atoms with E-state index in [1.807, 2.05) is 13.8 Å². The molecule has 0 radical (unpaired) electrons. The van der Waals surface area contributed by atoms with E-state index in [0.29, 0.717) is 25.0 Å². The number of nitrogens with zero attached hydrogens (tertiary/aromatic N) is 3. The van der Waals surface area contributed by atoms with Crippen LogP contribution >= 0.6 is 0 Å². The number of aryl methyl sites for hydroxylation is 1. The fourth-order valence-corrected chi connectivity index (χ4v) is 6.74. The van der Waals surface area contributed by atoms with Crippen molar-refractivity contribution in [2.45, 2.75) is 58.2 Å². The summed E-state index contributed by atoms with van der Waals surface area (Å²) in [4.78, 5) is 2.36. The van der Waals surface area contributed by atoms with E-state index in [0.717, 1.165) is 25.9 Å². The second-order valence-electron chi connectivity index (χ2n) is 8.14. The molecular formula is C21H32N4O2S. The van der Waals surface area contributed by atoms with Crippen molar-refractivity contribution in [2.75, 3.05) is 26.7 Å². The lowest BCUT2D eigenvalue weighted by Gasteiger charge is -2.45. The molecule has 1 saturated heterocycles. The van der Waals surface area contributed by atoms with E-state index in [1.165, 1.54) is 26.3 Å². The van der Waals surface area contributed by atoms with Crippen LogP contribution in [0.3, 0.4) is 0 Å². The van der Waals surface area contributed by atoms with Crippen LogP contribution < -0.4 is 4.72 Å². The van der Waals surface area contributed by atoms with Crippen LogP contribution in [0, 0.1) is 0 Å². The molecule has 0 amide bonds. The number of likely N-dealkylation sites (tertiary alicyclic amines) is 1. The number of nitrogens with one attached hydrogen (secondary N) is 1. The highest BCUT2D eigenvalue weighted by atomic mass is 32.2. The summed E-state index contributed by atoms with van der Waals surface area (Å²) in [7, 11) is -1.31. The molecule has 2 heterocycles. The van der Waals surface area contributed by atoms with Gasteiger partial charge in [0.2, 0.25) is 0 Å². The van der Waals surface area contributed by atoms with Crippen LogP contribution in [0.2, 0.25) is 0 Å². The second kappa shape index (κ2) is 7.44. The van der Waals surface area contributed by atoms with Crippen molar-refractivity contribution in [3.05, 3.63) is 35.5 Å². The molecule has 1 aliphatic carbocycles. The molecule has 7 heteroatoms. The SMILES string of the molecule is CCN(CC)S(=O)(=O)N[C@H]1C[C@@H]2c3cccc4c3c(cn4CC)C[C@H]2N(C)C1. The van der Waals surface area contributed by atoms with Crippen LogP contribution in [0.15, 0.2) is 24.4 Å². The standard InChI is InChI=1S/C21H32N4O2S/c1-5-24-13-15-11-20-18(17-9-8-10-19(24)21(15)17)12-16(14-23(20)4)22-28(26,27)25(6-2)7-3/h8-10,13,16,18,20,22H,5-7,11-12,14H2,1-4H3/t16-,18+,20+/m0/s1. The monoisotopic (exact) mass is 404 g/mol. The molecule has 1 aromatic carbocycles. The van der Waals surface area contributed by atoms with Crippen LogP contribution in [0.25, 0.3) is 10.9 Å². The van der Waals surface area contributed by atoms with Crippen LogP contribution in [0.4, 0.5) is 0 Å². The van der Waals surface area contributed by atoms with Crippen molar-refractivity contribution in [1.82, 2.24) is 18.5 Å². The van der Waals surface area contributed by atoms with Crippen molar-refractivity contribution in [2.24, 2.45) is 0 Å². The van der Waals surface area contributed by atoms with Gasteiger partial charge in [0, 0.05) is 61.3 Å². The van der Waals surface area contributed by atoms with Gasteiger partial charge in [-0.3, -0.25) is 0 Å². The van der Waals surface area contributed by atoms with Crippen LogP contribution in [-0.2, 0) is 23.2 Å². The predicted molar refractivity (Wildman–Crippen MR) is 114 cm³/mol. The molecular weight excluding hydrogens is 372 g/mol. The Morgan fingerprint density at radius 1 is 1.21 bits per heavy atom. The average Bonchev–Trinajstić information content (AvgIpc) is 3.02. The minimum atomic E-state index is -3.44. The third kappa shape index (κ3) is 3.18. The molecule has 4 rings (SSSR count). The van der Waals surface area contributed by atoms with Crippen molar-refractivity contribution < 1.29 is 8.42 Å². The first-order valence-electron chi connectivity index (χ1n) is 10.5. The fourth-order valence-electron chi connectivity index (χ4n) is 5.31. The smallest absolute Gasteiger partial charge is 0.279 e. The third-order valence-electron chi connectivity index (χ3n) is 6.62. The number of rotatable bonds is 6. The zero-order valence-corrected chi connectivity index (χ0v) is 18.2. The summed E-state index contributed by atoms with van der Waals surface area (Å²) in [5, 5.41) is 1.39. The number of piperidine rings is 1. The summed E-state index contributed by atoms with van der Waals surface area (Å²) < 4.78 is 32.3. The molecule has 6 nitrogen and oxygen atoms in total. The molecule has 2 aliphatic rings. The Kier molecular flexibility index (Phi) is 5.29. The minimum Gasteiger partial charge on any atom is -0.347 e. The summed E-state index contributed by atoms with van der Waals surface area (Å²) in [5.74, 6) is 0.354. The van der Waals surface area contributed by atoms with E-state index >= 15 is 0 Å². The average molecular weight is 405 g/mol. The first kappa shape index (κ1) is 19.9. The lowest BCUT2D eigenvalue weighted by molar-refractivity contribution is 0.135. The van der Waals surface area contributed by atoms with Gasteiger partial charge in [0.15, 0.2) is 0 Å². The summed E-state index contributed by atoms with van der Waals surface area (Å²) in [6.07, 6.45) is 4.20. The molecule has 1 aromatic heterocycles. The number of benzene rings is 1. The highest BCUT2D eigenvalue weighted by Crippen LogP contribution is 2.43. The number of hydrogen-bond acceptors (Lipinski definition) is 3. The minimum absolute atomic E-state index is 0.0677. The van der Waals surface area contributed by atoms with Crippen molar-refractivity contribution >= 4 is 21.1 Å². The van der Waals surface area contributed by atoms with Gasteiger partial charge in [-0.05, 0) is 44.0 Å². The van der Waals surface area contributed by atoms with Gasteiger partial charge in [0.1, 0.15) is 0 Å². The predicted octanol–water partition coefficient (Wildman–Crippen LogP) is 2.55. The summed E-state index contributed by atoms with van der Waals surface area (Å²) >= 11 is 0. The summed E-state index contributed by atoms with van der Waals surface area (Å²) in [6, 6.07) is 6.97. The molecule has 0 spiro atoms. The lowest BCUT2D eigenvalue weighted by atomic mass is 9.74. The fraction of sp³-hybridized carbons (Fsp3) is 0.619. The van der Waals surface area contributed by atoms with Gasteiger partial charge in [0.05, 0.1) is 0 Å². The lowest BCUT2D eigenvalue weighted by Crippen LogP contribution is -2.56. The quantitative estimate of drug-likeness (QED) is 0.805. The number of fused-ring (bicyclic) bond motifs is 2. The molecule has 0 saturated carbocycles. The van der Waals surface area contributed by atoms with E-state index in [9.17, 15) is 8.42 Å². The Balaban J connectivity index is 1.67. The Labute approximate surface area is 168 Å². The van der Waals surface area contributed by atoms with E-state index in [4.69, 9.17) is 0 Å². The van der Waals surface area contributed by atoms with Crippen LogP contribution in [0.1, 0.15) is 44.2 Å². The topological polar surface area (TPSA) is 57.6 Å². The zero-order valence-electron chi connectivity index (χ0n) is 17.4. The van der Waals surface area contributed by atoms with Gasteiger partial charge >= 0.3 is 0 Å². The third-order valence-corrected chi connectivity index (χ3v) is 8.45. The molecule has 2 aromatic rings. The van der Waals surface area contributed by atoms with Crippen molar-refractivity contribution in [3.8, 4) is 0 Å². The second-order valence-corrected chi connectivity index (χ2v) is 9.84. The van der Waals surface area contributed by atoms with Gasteiger partial charge in [-0.15, -0.1) is 0 Å². The van der Waals surface area contributed by atoms with E-state index in [2.05, 4.69) is 52.6 Å². The highest BCUT2D eigenvalue weighted by Gasteiger charge is 2.41. The highest BCUT2D eigenvalue weighted by molar-refractivity contribution is 7.87. The van der Waals surface area contributed by atoms with Crippen LogP contribution in [-0.4, -0.2) is 61.0 Å². The molecule has 0 bridgehead atoms. The molecule has 3 atom stereocenters. The molecule has 28 heavy (non-hydrogen) atoms. The van der Waals surface area contributed by atoms with E-state index in [1.54, 1.807) is 0 Å². The first-order chi connectivity index (χ1) is 13.4. The number of hydrogen-bond donors (Lipinski definition) is 1. The van der Waals surface area contributed by atoms with Crippen molar-refractivity contribution in [1.29, 1.82) is 0 Å². The van der Waals surface area contributed by atoms with Gasteiger partial charge in [-0.2, -0.15) is 17.4 Å². The number of aromatic nitrogens is 1. The summed E-state index contributed by atoms with van der Waals surface area (Å²) in [6.45, 7) is 8.66. The Morgan fingerprint density at radius 2 is 1.96 bits per heavy atom. The zero-order chi connectivity index (χ0) is 20.1. The maximum atomic E-state index is 12.8. The Morgan fingerprint density at radius 3 is 2.64 bits per heavy atom. The van der Waals surface area contributed by atoms with Gasteiger partial charge in [-0.25, -0.2) is 0 Å². The Hall–Kier alpha value is -1.41. The maximum absolute atomic E-state index is 12.8. The van der Waals surface area contributed by atoms with Gasteiger partial charge in [-0.1, -0.05) is 26.0 Å². The molecule has 0 unspecified atom stereocenters. The Bertz CT molecular complexity index is 964. The van der Waals surface area contributed by atoms with Crippen LogP contribution in [0.5, 0.6) is 0 Å². The normalized spacial score (nSPS) is 25.4. The van der Waals surface area contributed by atoms with Gasteiger partial charge < -0.3 is 9.47 Å². The van der Waals surface area contributed by atoms with Crippen molar-refractivity contribution in [3.63, 3.8) is 0 Å². The first-order valence-corrected chi connectivity index (χ1v) is 11.9. The number of likely N-dealkylation sites (N-methyl/N-ethyl adjacent to an activating group) is 1. The summed E-state index contributed by atoms with van der Waals surface area (Å²) in [5.41, 5.74) is 4.12. The molecule has 154 valence electrons. The largest absolute Gasteiger partial charge is 0.347 e. The van der Waals surface area contributed by atoms with Gasteiger partial charge in [0.25, 0.3) is 10.2 Å². The maximum Gasteiger partial charge on any atom is 0.279 e. The van der Waals surface area contributed by atoms with E-state index < -0.39 is 10.2 Å². The molecule has 1 fully saturated rings. The molecule has 1 N–H and O–H groups in total. The van der Waals surface area contributed by atoms with E-state index in [-0.39, 0.29) is 6.04 Å². The molecule has 1 aliphatic heterocycles.